The third-order valence-corrected chi connectivity index (χ3v) is 7.17. The van der Waals surface area contributed by atoms with E-state index in [0.717, 1.165) is 16.7 Å². The van der Waals surface area contributed by atoms with Gasteiger partial charge < -0.3 is 9.47 Å². The van der Waals surface area contributed by atoms with Crippen molar-refractivity contribution in [2.75, 3.05) is 18.6 Å². The molecule has 0 aliphatic carbocycles. The molecule has 5 nitrogen and oxygen atoms in total. The van der Waals surface area contributed by atoms with Crippen LogP contribution in [0.4, 0.5) is 11.4 Å². The molecule has 1 aliphatic heterocycles. The van der Waals surface area contributed by atoms with Crippen LogP contribution in [0.25, 0.3) is 6.08 Å². The maximum Gasteiger partial charge on any atom is 0.271 e. The highest BCUT2D eigenvalue weighted by atomic mass is 35.5. The van der Waals surface area contributed by atoms with Gasteiger partial charge in [-0.05, 0) is 91.7 Å². The third kappa shape index (κ3) is 5.50. The van der Waals surface area contributed by atoms with E-state index in [1.165, 1.54) is 11.8 Å². The minimum atomic E-state index is -0.195. The first-order chi connectivity index (χ1) is 16.8. The number of aliphatic imine (C=N–C) groups is 1. The monoisotopic (exact) mass is 526 g/mol. The lowest BCUT2D eigenvalue weighted by Crippen LogP contribution is -2.28. The van der Waals surface area contributed by atoms with Gasteiger partial charge >= 0.3 is 0 Å². The van der Waals surface area contributed by atoms with Gasteiger partial charge in [-0.2, -0.15) is 0 Å². The highest BCUT2D eigenvalue weighted by molar-refractivity contribution is 8.19. The van der Waals surface area contributed by atoms with Crippen LogP contribution in [0.5, 0.6) is 11.5 Å². The molecular formula is C27H24Cl2N2O3S. The Morgan fingerprint density at radius 2 is 1.69 bits per heavy atom. The topological polar surface area (TPSA) is 51.1 Å². The number of hydrogen-bond donors (Lipinski definition) is 0. The molecule has 3 aromatic carbocycles. The van der Waals surface area contributed by atoms with Crippen molar-refractivity contribution in [1.82, 2.24) is 0 Å². The van der Waals surface area contributed by atoms with E-state index in [2.05, 4.69) is 0 Å². The van der Waals surface area contributed by atoms with E-state index in [1.54, 1.807) is 24.1 Å². The van der Waals surface area contributed by atoms with Crippen LogP contribution >= 0.6 is 35.0 Å². The van der Waals surface area contributed by atoms with Crippen LogP contribution in [-0.4, -0.2) is 24.8 Å². The Hall–Kier alpha value is -2.93. The molecule has 1 aliphatic rings. The van der Waals surface area contributed by atoms with Crippen LogP contribution in [0, 0.1) is 13.8 Å². The summed E-state index contributed by atoms with van der Waals surface area (Å²) in [7, 11) is 1.59. The molecule has 1 amide bonds. The first kappa shape index (κ1) is 25.2. The molecule has 1 saturated heterocycles. The maximum absolute atomic E-state index is 13.6. The molecule has 0 saturated carbocycles. The molecule has 0 atom stereocenters. The molecule has 0 radical (unpaired) electrons. The van der Waals surface area contributed by atoms with Crippen molar-refractivity contribution in [3.63, 3.8) is 0 Å². The lowest BCUT2D eigenvalue weighted by Gasteiger charge is -2.16. The predicted molar refractivity (Wildman–Crippen MR) is 147 cm³/mol. The van der Waals surface area contributed by atoms with E-state index in [4.69, 9.17) is 37.7 Å². The first-order valence-corrected chi connectivity index (χ1v) is 12.5. The lowest BCUT2D eigenvalue weighted by molar-refractivity contribution is -0.113. The number of halogens is 2. The van der Waals surface area contributed by atoms with Crippen LogP contribution in [0.15, 0.2) is 64.5 Å². The fourth-order valence-corrected chi connectivity index (χ4v) is 4.81. The Labute approximate surface area is 219 Å². The number of hydrogen-bond acceptors (Lipinski definition) is 5. The zero-order valence-electron chi connectivity index (χ0n) is 19.8. The van der Waals surface area contributed by atoms with Crippen LogP contribution in [0.2, 0.25) is 10.0 Å². The number of benzene rings is 3. The molecule has 1 heterocycles. The quantitative estimate of drug-likeness (QED) is 0.307. The Balaban J connectivity index is 1.78. The van der Waals surface area contributed by atoms with Gasteiger partial charge in [0.05, 0.1) is 30.0 Å². The number of ether oxygens (including phenoxy) is 2. The Morgan fingerprint density at radius 1 is 0.971 bits per heavy atom. The predicted octanol–water partition coefficient (Wildman–Crippen LogP) is 7.83. The van der Waals surface area contributed by atoms with Gasteiger partial charge in [-0.3, -0.25) is 9.69 Å². The van der Waals surface area contributed by atoms with Crippen LogP contribution in [0.1, 0.15) is 23.6 Å². The van der Waals surface area contributed by atoms with Gasteiger partial charge in [0.1, 0.15) is 0 Å². The summed E-state index contributed by atoms with van der Waals surface area (Å²) in [5, 5.41) is 1.70. The molecule has 4 rings (SSSR count). The van der Waals surface area contributed by atoms with E-state index in [9.17, 15) is 4.79 Å². The maximum atomic E-state index is 13.6. The van der Waals surface area contributed by atoms with Crippen LogP contribution in [-0.2, 0) is 4.79 Å². The number of carbonyl (C=O) groups excluding carboxylic acids is 1. The largest absolute Gasteiger partial charge is 0.493 e. The second-order valence-corrected chi connectivity index (χ2v) is 9.68. The highest BCUT2D eigenvalue weighted by Crippen LogP contribution is 2.39. The smallest absolute Gasteiger partial charge is 0.271 e. The van der Waals surface area contributed by atoms with Crippen molar-refractivity contribution in [2.24, 2.45) is 4.99 Å². The fraction of sp³-hybridized carbons (Fsp3) is 0.185. The van der Waals surface area contributed by atoms with Gasteiger partial charge in [-0.1, -0.05) is 41.4 Å². The van der Waals surface area contributed by atoms with Crippen molar-refractivity contribution in [2.45, 2.75) is 20.8 Å². The third-order valence-electron chi connectivity index (χ3n) is 5.39. The molecule has 0 unspecified atom stereocenters. The minimum absolute atomic E-state index is 0.195. The number of thioether (sulfide) groups is 1. The Kier molecular flexibility index (Phi) is 7.75. The summed E-state index contributed by atoms with van der Waals surface area (Å²) in [5.74, 6) is 1.05. The molecular weight excluding hydrogens is 503 g/mol. The Morgan fingerprint density at radius 3 is 2.34 bits per heavy atom. The number of aryl methyl sites for hydroxylation is 2. The summed E-state index contributed by atoms with van der Waals surface area (Å²) in [4.78, 5) is 20.4. The van der Waals surface area contributed by atoms with Gasteiger partial charge in [-0.15, -0.1) is 0 Å². The minimum Gasteiger partial charge on any atom is -0.493 e. The van der Waals surface area contributed by atoms with E-state index < -0.39 is 0 Å². The van der Waals surface area contributed by atoms with Gasteiger partial charge in [0.15, 0.2) is 16.7 Å². The average Bonchev–Trinajstić information content (AvgIpc) is 3.13. The highest BCUT2D eigenvalue weighted by Gasteiger charge is 2.35. The molecule has 3 aromatic rings. The molecule has 0 N–H and O–H groups in total. The lowest BCUT2D eigenvalue weighted by atomic mass is 10.1. The number of nitrogens with zero attached hydrogens (tertiary/aromatic N) is 2. The van der Waals surface area contributed by atoms with E-state index in [0.29, 0.717) is 49.6 Å². The number of carbonyl (C=O) groups is 1. The summed E-state index contributed by atoms with van der Waals surface area (Å²) in [6.45, 7) is 6.29. The van der Waals surface area contributed by atoms with E-state index >= 15 is 0 Å². The van der Waals surface area contributed by atoms with Crippen molar-refractivity contribution in [3.05, 3.63) is 86.2 Å². The molecule has 1 fully saturated rings. The molecule has 0 bridgehead atoms. The second-order valence-electron chi connectivity index (χ2n) is 7.86. The number of amides is 1. The van der Waals surface area contributed by atoms with Gasteiger partial charge in [0.2, 0.25) is 0 Å². The molecule has 0 aromatic heterocycles. The first-order valence-electron chi connectivity index (χ1n) is 11.0. The molecule has 0 spiro atoms. The van der Waals surface area contributed by atoms with Gasteiger partial charge in [0, 0.05) is 10.0 Å². The summed E-state index contributed by atoms with van der Waals surface area (Å²) in [6, 6.07) is 16.6. The normalized spacial score (nSPS) is 15.8. The molecule has 8 heteroatoms. The van der Waals surface area contributed by atoms with Gasteiger partial charge in [-0.25, -0.2) is 4.99 Å². The van der Waals surface area contributed by atoms with Gasteiger partial charge in [0.25, 0.3) is 5.91 Å². The summed E-state index contributed by atoms with van der Waals surface area (Å²) < 4.78 is 11.1. The van der Waals surface area contributed by atoms with Crippen molar-refractivity contribution < 1.29 is 14.3 Å². The van der Waals surface area contributed by atoms with Crippen LogP contribution in [0.3, 0.4) is 0 Å². The van der Waals surface area contributed by atoms with E-state index in [-0.39, 0.29) is 5.91 Å². The second kappa shape index (κ2) is 10.8. The fourth-order valence-electron chi connectivity index (χ4n) is 3.46. The number of rotatable bonds is 6. The summed E-state index contributed by atoms with van der Waals surface area (Å²) in [6.07, 6.45) is 1.82. The number of methoxy groups -OCH3 is 1. The van der Waals surface area contributed by atoms with Crippen molar-refractivity contribution in [3.8, 4) is 11.5 Å². The summed E-state index contributed by atoms with van der Waals surface area (Å²) >= 11 is 14.0. The van der Waals surface area contributed by atoms with E-state index in [1.807, 2.05) is 69.3 Å². The molecule has 35 heavy (non-hydrogen) atoms. The SMILES string of the molecule is CCOc1ccc(/C=C2/SC(=Nc3ccc(C)c(Cl)c3)N(c3ccc(C)c(Cl)c3)C2=O)cc1OC. The number of amidine groups is 1. The standard InChI is InChI=1S/C27H24Cl2N2O3S/c1-5-34-23-11-8-18(12-24(23)33-4)13-25-26(32)31(20-10-7-17(3)22(29)15-20)27(35-25)30-19-9-6-16(2)21(28)14-19/h6-15H,5H2,1-4H3/b25-13+,30-27?. The van der Waals surface area contributed by atoms with Crippen LogP contribution < -0.4 is 14.4 Å². The average molecular weight is 527 g/mol. The zero-order chi connectivity index (χ0) is 25.1. The van der Waals surface area contributed by atoms with Crippen molar-refractivity contribution >= 4 is 63.5 Å². The van der Waals surface area contributed by atoms with Crippen molar-refractivity contribution in [1.29, 1.82) is 0 Å². The summed E-state index contributed by atoms with van der Waals surface area (Å²) in [5.41, 5.74) is 3.99. The molecule has 180 valence electrons. The zero-order valence-corrected chi connectivity index (χ0v) is 22.1. The Bertz CT molecular complexity index is 1350. The number of anilines is 1.